The van der Waals surface area contributed by atoms with Gasteiger partial charge < -0.3 is 10.1 Å². The zero-order valence-electron chi connectivity index (χ0n) is 10.1. The Labute approximate surface area is 92.6 Å². The lowest BCUT2D eigenvalue weighted by Gasteiger charge is -2.20. The van der Waals surface area contributed by atoms with Crippen molar-refractivity contribution in [2.45, 2.75) is 32.7 Å². The molecule has 1 rings (SSSR count). The van der Waals surface area contributed by atoms with E-state index in [1.807, 2.05) is 12.1 Å². The Morgan fingerprint density at radius 3 is 2.47 bits per heavy atom. The van der Waals surface area contributed by atoms with E-state index in [2.05, 4.69) is 38.2 Å². The number of methoxy groups -OCH3 is 1. The summed E-state index contributed by atoms with van der Waals surface area (Å²) in [5, 5.41) is 3.47. The molecule has 0 spiro atoms. The van der Waals surface area contributed by atoms with Crippen molar-refractivity contribution in [1.29, 1.82) is 0 Å². The van der Waals surface area contributed by atoms with Gasteiger partial charge in [0.25, 0.3) is 0 Å². The number of hydrogen-bond donors (Lipinski definition) is 1. The predicted molar refractivity (Wildman–Crippen MR) is 64.5 cm³/mol. The van der Waals surface area contributed by atoms with Crippen molar-refractivity contribution in [3.05, 3.63) is 29.8 Å². The highest BCUT2D eigenvalue weighted by Crippen LogP contribution is 2.17. The van der Waals surface area contributed by atoms with Gasteiger partial charge in [-0.1, -0.05) is 18.2 Å². The lowest BCUT2D eigenvalue weighted by Crippen LogP contribution is -2.37. The summed E-state index contributed by atoms with van der Waals surface area (Å²) in [6.07, 6.45) is 1.00. The molecule has 1 aromatic carbocycles. The van der Waals surface area contributed by atoms with Crippen LogP contribution in [0.1, 0.15) is 26.3 Å². The molecule has 0 saturated heterocycles. The first-order chi connectivity index (χ1) is 7.03. The first-order valence-electron chi connectivity index (χ1n) is 5.40. The van der Waals surface area contributed by atoms with Gasteiger partial charge in [-0.05, 0) is 45.4 Å². The first-order valence-corrected chi connectivity index (χ1v) is 5.40. The van der Waals surface area contributed by atoms with Crippen molar-refractivity contribution >= 4 is 0 Å². The summed E-state index contributed by atoms with van der Waals surface area (Å²) in [7, 11) is 1.72. The van der Waals surface area contributed by atoms with Gasteiger partial charge in [0.2, 0.25) is 0 Å². The third kappa shape index (κ3) is 4.34. The SMILES string of the molecule is COc1ccccc1CCNC(C)(C)C. The molecule has 1 aromatic rings. The van der Waals surface area contributed by atoms with E-state index in [-0.39, 0.29) is 5.54 Å². The van der Waals surface area contributed by atoms with Gasteiger partial charge in [0, 0.05) is 5.54 Å². The number of ether oxygens (including phenoxy) is 1. The first kappa shape index (κ1) is 12.1. The number of para-hydroxylation sites is 1. The second kappa shape index (κ2) is 5.17. The molecule has 0 bridgehead atoms. The highest BCUT2D eigenvalue weighted by Gasteiger charge is 2.08. The maximum absolute atomic E-state index is 5.30. The minimum absolute atomic E-state index is 0.183. The maximum Gasteiger partial charge on any atom is 0.122 e. The second-order valence-corrected chi connectivity index (χ2v) is 4.74. The Morgan fingerprint density at radius 1 is 1.20 bits per heavy atom. The van der Waals surface area contributed by atoms with E-state index >= 15 is 0 Å². The minimum atomic E-state index is 0.183. The van der Waals surface area contributed by atoms with Crippen LogP contribution in [-0.2, 0) is 6.42 Å². The van der Waals surface area contributed by atoms with Crippen LogP contribution in [0, 0.1) is 0 Å². The quantitative estimate of drug-likeness (QED) is 0.819. The van der Waals surface area contributed by atoms with E-state index < -0.39 is 0 Å². The Hall–Kier alpha value is -1.02. The lowest BCUT2D eigenvalue weighted by atomic mass is 10.1. The van der Waals surface area contributed by atoms with Gasteiger partial charge in [0.15, 0.2) is 0 Å². The van der Waals surface area contributed by atoms with Gasteiger partial charge in [-0.15, -0.1) is 0 Å². The third-order valence-electron chi connectivity index (χ3n) is 2.24. The summed E-state index contributed by atoms with van der Waals surface area (Å²) >= 11 is 0. The maximum atomic E-state index is 5.30. The molecule has 0 aliphatic rings. The Morgan fingerprint density at radius 2 is 1.87 bits per heavy atom. The van der Waals surface area contributed by atoms with E-state index in [1.165, 1.54) is 5.56 Å². The van der Waals surface area contributed by atoms with Gasteiger partial charge in [-0.3, -0.25) is 0 Å². The molecule has 2 nitrogen and oxygen atoms in total. The summed E-state index contributed by atoms with van der Waals surface area (Å²) in [6.45, 7) is 7.50. The summed E-state index contributed by atoms with van der Waals surface area (Å²) in [5.41, 5.74) is 1.44. The van der Waals surface area contributed by atoms with E-state index in [1.54, 1.807) is 7.11 Å². The molecule has 15 heavy (non-hydrogen) atoms. The van der Waals surface area contributed by atoms with Crippen LogP contribution in [0.2, 0.25) is 0 Å². The van der Waals surface area contributed by atoms with Crippen molar-refractivity contribution in [2.75, 3.05) is 13.7 Å². The molecule has 0 amide bonds. The molecule has 0 saturated carbocycles. The number of nitrogens with one attached hydrogen (secondary N) is 1. The van der Waals surface area contributed by atoms with Crippen molar-refractivity contribution in [3.8, 4) is 5.75 Å². The van der Waals surface area contributed by atoms with Crippen molar-refractivity contribution in [2.24, 2.45) is 0 Å². The Bertz CT molecular complexity index is 302. The van der Waals surface area contributed by atoms with Crippen LogP contribution < -0.4 is 10.1 Å². The molecule has 0 aliphatic carbocycles. The standard InChI is InChI=1S/C13H21NO/c1-13(2,3)14-10-9-11-7-5-6-8-12(11)15-4/h5-8,14H,9-10H2,1-4H3. The highest BCUT2D eigenvalue weighted by atomic mass is 16.5. The van der Waals surface area contributed by atoms with Gasteiger partial charge >= 0.3 is 0 Å². The number of benzene rings is 1. The zero-order valence-corrected chi connectivity index (χ0v) is 10.1. The average Bonchev–Trinajstić information content (AvgIpc) is 2.16. The van der Waals surface area contributed by atoms with Gasteiger partial charge in [-0.2, -0.15) is 0 Å². The lowest BCUT2D eigenvalue weighted by molar-refractivity contribution is 0.402. The fraction of sp³-hybridized carbons (Fsp3) is 0.538. The highest BCUT2D eigenvalue weighted by molar-refractivity contribution is 5.33. The number of hydrogen-bond acceptors (Lipinski definition) is 2. The van der Waals surface area contributed by atoms with Crippen LogP contribution in [0.25, 0.3) is 0 Å². The normalized spacial score (nSPS) is 11.5. The van der Waals surface area contributed by atoms with E-state index in [4.69, 9.17) is 4.74 Å². The van der Waals surface area contributed by atoms with Crippen LogP contribution in [0.15, 0.2) is 24.3 Å². The Balaban J connectivity index is 2.50. The third-order valence-corrected chi connectivity index (χ3v) is 2.24. The molecular formula is C13H21NO. The van der Waals surface area contributed by atoms with Crippen LogP contribution in [0.4, 0.5) is 0 Å². The molecule has 0 radical (unpaired) electrons. The van der Waals surface area contributed by atoms with Crippen LogP contribution >= 0.6 is 0 Å². The smallest absolute Gasteiger partial charge is 0.122 e. The second-order valence-electron chi connectivity index (χ2n) is 4.74. The summed E-state index contributed by atoms with van der Waals surface area (Å²) in [6, 6.07) is 8.17. The summed E-state index contributed by atoms with van der Waals surface area (Å²) in [4.78, 5) is 0. The fourth-order valence-electron chi connectivity index (χ4n) is 1.48. The zero-order chi connectivity index (χ0) is 11.3. The van der Waals surface area contributed by atoms with Gasteiger partial charge in [0.05, 0.1) is 7.11 Å². The average molecular weight is 207 g/mol. The largest absolute Gasteiger partial charge is 0.496 e. The summed E-state index contributed by atoms with van der Waals surface area (Å²) < 4.78 is 5.30. The van der Waals surface area contributed by atoms with Crippen LogP contribution in [0.3, 0.4) is 0 Å². The molecule has 1 N–H and O–H groups in total. The molecule has 0 aliphatic heterocycles. The molecule has 0 heterocycles. The minimum Gasteiger partial charge on any atom is -0.496 e. The monoisotopic (exact) mass is 207 g/mol. The van der Waals surface area contributed by atoms with E-state index in [0.29, 0.717) is 0 Å². The summed E-state index contributed by atoms with van der Waals surface area (Å²) in [5.74, 6) is 0.980. The van der Waals surface area contributed by atoms with Crippen molar-refractivity contribution in [1.82, 2.24) is 5.32 Å². The molecule has 0 unspecified atom stereocenters. The van der Waals surface area contributed by atoms with Crippen LogP contribution in [0.5, 0.6) is 5.75 Å². The van der Waals surface area contributed by atoms with Gasteiger partial charge in [-0.25, -0.2) is 0 Å². The van der Waals surface area contributed by atoms with E-state index in [9.17, 15) is 0 Å². The molecule has 0 atom stereocenters. The predicted octanol–water partition coefficient (Wildman–Crippen LogP) is 2.63. The fourth-order valence-corrected chi connectivity index (χ4v) is 1.48. The molecule has 0 aromatic heterocycles. The van der Waals surface area contributed by atoms with E-state index in [0.717, 1.165) is 18.7 Å². The Kier molecular flexibility index (Phi) is 4.15. The van der Waals surface area contributed by atoms with Crippen molar-refractivity contribution in [3.63, 3.8) is 0 Å². The van der Waals surface area contributed by atoms with Gasteiger partial charge in [0.1, 0.15) is 5.75 Å². The topological polar surface area (TPSA) is 21.3 Å². The molecule has 0 fully saturated rings. The van der Waals surface area contributed by atoms with Crippen molar-refractivity contribution < 1.29 is 4.74 Å². The molecular weight excluding hydrogens is 186 g/mol. The van der Waals surface area contributed by atoms with Crippen LogP contribution in [-0.4, -0.2) is 19.2 Å². The molecule has 84 valence electrons. The number of rotatable bonds is 4. The molecule has 2 heteroatoms.